The first-order valence-corrected chi connectivity index (χ1v) is 10.8. The number of aryl methyl sites for hydroxylation is 2. The molecule has 0 aliphatic carbocycles. The van der Waals surface area contributed by atoms with Crippen LogP contribution >= 0.6 is 0 Å². The molecular weight excluding hydrogens is 374 g/mol. The van der Waals surface area contributed by atoms with Gasteiger partial charge in [-0.25, -0.2) is 12.7 Å². The molecule has 1 heterocycles. The predicted molar refractivity (Wildman–Crippen MR) is 111 cm³/mol. The van der Waals surface area contributed by atoms with E-state index in [1.54, 1.807) is 12.1 Å². The van der Waals surface area contributed by atoms with E-state index in [4.69, 9.17) is 0 Å². The highest BCUT2D eigenvalue weighted by Gasteiger charge is 2.26. The SMILES string of the molecule is Cc1ccc(S(=O)(=O)N(C)C)cc1C(=O)N1CCN(c2ccccc2C)CC1. The lowest BCUT2D eigenvalue weighted by molar-refractivity contribution is 0.0746. The largest absolute Gasteiger partial charge is 0.368 e. The lowest BCUT2D eigenvalue weighted by atomic mass is 10.1. The Balaban J connectivity index is 1.78. The normalized spacial score (nSPS) is 15.2. The van der Waals surface area contributed by atoms with Crippen LogP contribution in [0.4, 0.5) is 5.69 Å². The van der Waals surface area contributed by atoms with E-state index in [1.165, 1.54) is 31.4 Å². The van der Waals surface area contributed by atoms with Crippen LogP contribution in [0.15, 0.2) is 47.4 Å². The molecule has 0 aromatic heterocycles. The number of para-hydroxylation sites is 1. The fourth-order valence-electron chi connectivity index (χ4n) is 3.44. The third-order valence-electron chi connectivity index (χ3n) is 5.24. The molecule has 2 aromatic rings. The zero-order valence-electron chi connectivity index (χ0n) is 16.8. The highest BCUT2D eigenvalue weighted by Crippen LogP contribution is 2.23. The van der Waals surface area contributed by atoms with Gasteiger partial charge in [0.2, 0.25) is 10.0 Å². The predicted octanol–water partition coefficient (Wildman–Crippen LogP) is 2.52. The Bertz CT molecular complexity index is 978. The van der Waals surface area contributed by atoms with Crippen LogP contribution in [0.25, 0.3) is 0 Å². The summed E-state index contributed by atoms with van der Waals surface area (Å²) in [6, 6.07) is 13.0. The van der Waals surface area contributed by atoms with E-state index in [0.29, 0.717) is 18.7 Å². The van der Waals surface area contributed by atoms with E-state index < -0.39 is 10.0 Å². The second-order valence-corrected chi connectivity index (χ2v) is 9.48. The van der Waals surface area contributed by atoms with Crippen molar-refractivity contribution in [2.24, 2.45) is 0 Å². The first kappa shape index (κ1) is 20.4. The van der Waals surface area contributed by atoms with Crippen molar-refractivity contribution in [2.75, 3.05) is 45.2 Å². The number of carbonyl (C=O) groups excluding carboxylic acids is 1. The smallest absolute Gasteiger partial charge is 0.254 e. The van der Waals surface area contributed by atoms with Gasteiger partial charge in [-0.3, -0.25) is 4.79 Å². The average Bonchev–Trinajstić information content (AvgIpc) is 2.68. The van der Waals surface area contributed by atoms with Crippen molar-refractivity contribution in [2.45, 2.75) is 18.7 Å². The second kappa shape index (κ2) is 7.93. The fraction of sp³-hybridized carbons (Fsp3) is 0.381. The maximum atomic E-state index is 13.1. The van der Waals surface area contributed by atoms with E-state index in [-0.39, 0.29) is 10.8 Å². The number of piperazine rings is 1. The molecule has 28 heavy (non-hydrogen) atoms. The molecule has 0 saturated carbocycles. The van der Waals surface area contributed by atoms with Gasteiger partial charge in [0.1, 0.15) is 0 Å². The zero-order valence-corrected chi connectivity index (χ0v) is 17.7. The van der Waals surface area contributed by atoms with Crippen LogP contribution in [0, 0.1) is 13.8 Å². The van der Waals surface area contributed by atoms with E-state index in [9.17, 15) is 13.2 Å². The number of benzene rings is 2. The molecule has 0 spiro atoms. The van der Waals surface area contributed by atoms with Crippen molar-refractivity contribution in [3.05, 3.63) is 59.2 Å². The number of hydrogen-bond donors (Lipinski definition) is 0. The van der Waals surface area contributed by atoms with Gasteiger partial charge in [0.25, 0.3) is 5.91 Å². The minimum Gasteiger partial charge on any atom is -0.368 e. The molecule has 3 rings (SSSR count). The van der Waals surface area contributed by atoms with E-state index in [1.807, 2.05) is 24.0 Å². The van der Waals surface area contributed by atoms with E-state index >= 15 is 0 Å². The van der Waals surface area contributed by atoms with Crippen molar-refractivity contribution in [3.8, 4) is 0 Å². The summed E-state index contributed by atoms with van der Waals surface area (Å²) in [7, 11) is -0.600. The van der Waals surface area contributed by atoms with Crippen LogP contribution in [-0.4, -0.2) is 63.8 Å². The Kier molecular flexibility index (Phi) is 5.76. The Hall–Kier alpha value is -2.38. The van der Waals surface area contributed by atoms with Gasteiger partial charge in [-0.1, -0.05) is 24.3 Å². The average molecular weight is 402 g/mol. The fourth-order valence-corrected chi connectivity index (χ4v) is 4.37. The van der Waals surface area contributed by atoms with Crippen molar-refractivity contribution < 1.29 is 13.2 Å². The van der Waals surface area contributed by atoms with Crippen molar-refractivity contribution in [3.63, 3.8) is 0 Å². The third kappa shape index (κ3) is 3.91. The lowest BCUT2D eigenvalue weighted by Gasteiger charge is -2.37. The molecule has 6 nitrogen and oxygen atoms in total. The van der Waals surface area contributed by atoms with Gasteiger partial charge in [-0.2, -0.15) is 0 Å². The lowest BCUT2D eigenvalue weighted by Crippen LogP contribution is -2.49. The number of nitrogens with zero attached hydrogens (tertiary/aromatic N) is 3. The molecule has 2 aromatic carbocycles. The summed E-state index contributed by atoms with van der Waals surface area (Å²) in [6.07, 6.45) is 0. The Morgan fingerprint density at radius 3 is 2.18 bits per heavy atom. The monoisotopic (exact) mass is 401 g/mol. The maximum Gasteiger partial charge on any atom is 0.254 e. The topological polar surface area (TPSA) is 60.9 Å². The van der Waals surface area contributed by atoms with Crippen molar-refractivity contribution in [1.82, 2.24) is 9.21 Å². The van der Waals surface area contributed by atoms with Crippen molar-refractivity contribution >= 4 is 21.6 Å². The van der Waals surface area contributed by atoms with Crippen LogP contribution < -0.4 is 4.90 Å². The number of carbonyl (C=O) groups is 1. The molecule has 0 radical (unpaired) electrons. The maximum absolute atomic E-state index is 13.1. The molecule has 1 aliphatic heterocycles. The molecule has 1 aliphatic rings. The second-order valence-electron chi connectivity index (χ2n) is 7.33. The highest BCUT2D eigenvalue weighted by atomic mass is 32.2. The summed E-state index contributed by atoms with van der Waals surface area (Å²) in [5.41, 5.74) is 3.65. The molecule has 0 atom stereocenters. The molecule has 1 saturated heterocycles. The minimum absolute atomic E-state index is 0.113. The summed E-state index contributed by atoms with van der Waals surface area (Å²) in [4.78, 5) is 17.3. The number of anilines is 1. The molecule has 0 bridgehead atoms. The molecule has 1 fully saturated rings. The van der Waals surface area contributed by atoms with Gasteiger partial charge in [-0.05, 0) is 43.2 Å². The number of sulfonamides is 1. The van der Waals surface area contributed by atoms with Gasteiger partial charge in [0, 0.05) is 51.5 Å². The number of hydrogen-bond acceptors (Lipinski definition) is 4. The molecule has 0 unspecified atom stereocenters. The Morgan fingerprint density at radius 2 is 1.57 bits per heavy atom. The standard InChI is InChI=1S/C21H27N3O3S/c1-16-9-10-18(28(26,27)22(3)4)15-19(16)21(25)24-13-11-23(12-14-24)20-8-6-5-7-17(20)2/h5-10,15H,11-14H2,1-4H3. The van der Waals surface area contributed by atoms with Gasteiger partial charge in [0.05, 0.1) is 4.90 Å². The molecule has 0 N–H and O–H groups in total. The Labute approximate surface area is 167 Å². The summed E-state index contributed by atoms with van der Waals surface area (Å²) in [5, 5.41) is 0. The zero-order chi connectivity index (χ0) is 20.5. The summed E-state index contributed by atoms with van der Waals surface area (Å²) >= 11 is 0. The summed E-state index contributed by atoms with van der Waals surface area (Å²) < 4.78 is 26.0. The highest BCUT2D eigenvalue weighted by molar-refractivity contribution is 7.89. The van der Waals surface area contributed by atoms with E-state index in [0.717, 1.165) is 23.0 Å². The minimum atomic E-state index is -3.58. The van der Waals surface area contributed by atoms with Gasteiger partial charge >= 0.3 is 0 Å². The van der Waals surface area contributed by atoms with Crippen LogP contribution in [-0.2, 0) is 10.0 Å². The first-order valence-electron chi connectivity index (χ1n) is 9.35. The number of amides is 1. The first-order chi connectivity index (χ1) is 13.2. The van der Waals surface area contributed by atoms with Gasteiger partial charge in [0.15, 0.2) is 0 Å². The number of rotatable bonds is 4. The molecular formula is C21H27N3O3S. The van der Waals surface area contributed by atoms with Crippen molar-refractivity contribution in [1.29, 1.82) is 0 Å². The molecule has 7 heteroatoms. The summed E-state index contributed by atoms with van der Waals surface area (Å²) in [5.74, 6) is -0.113. The van der Waals surface area contributed by atoms with Crippen LogP contribution in [0.2, 0.25) is 0 Å². The molecule has 150 valence electrons. The third-order valence-corrected chi connectivity index (χ3v) is 7.05. The van der Waals surface area contributed by atoms with Gasteiger partial charge in [-0.15, -0.1) is 0 Å². The quantitative estimate of drug-likeness (QED) is 0.790. The van der Waals surface area contributed by atoms with Gasteiger partial charge < -0.3 is 9.80 Å². The Morgan fingerprint density at radius 1 is 0.929 bits per heavy atom. The van der Waals surface area contributed by atoms with Crippen LogP contribution in [0.1, 0.15) is 21.5 Å². The van der Waals surface area contributed by atoms with Crippen LogP contribution in [0.5, 0.6) is 0 Å². The van der Waals surface area contributed by atoms with E-state index in [2.05, 4.69) is 24.0 Å². The van der Waals surface area contributed by atoms with Crippen LogP contribution in [0.3, 0.4) is 0 Å². The summed E-state index contributed by atoms with van der Waals surface area (Å²) in [6.45, 7) is 6.65. The molecule has 1 amide bonds.